The lowest BCUT2D eigenvalue weighted by Gasteiger charge is -2.33. The van der Waals surface area contributed by atoms with Gasteiger partial charge in [-0.1, -0.05) is 25.0 Å². The Labute approximate surface area is 149 Å². The molecule has 2 aliphatic rings. The molecule has 1 aromatic rings. The molecule has 3 atom stereocenters. The lowest BCUT2D eigenvalue weighted by atomic mass is 9.84. The Hall–Kier alpha value is -2.06. The zero-order valence-corrected chi connectivity index (χ0v) is 14.6. The maximum absolute atomic E-state index is 11.7. The first kappa shape index (κ1) is 17.8. The third kappa shape index (κ3) is 4.32. The maximum atomic E-state index is 11.7. The molecule has 25 heavy (non-hydrogen) atoms. The number of carbonyl (C=O) groups is 1. The minimum Gasteiger partial charge on any atom is -0.494 e. The van der Waals surface area contributed by atoms with Gasteiger partial charge in [-0.3, -0.25) is 9.69 Å². The highest BCUT2D eigenvalue weighted by Crippen LogP contribution is 2.40. The number of nitriles is 1. The number of hydrogen-bond donors (Lipinski definition) is 1. The van der Waals surface area contributed by atoms with E-state index in [1.165, 1.54) is 12.8 Å². The number of rotatable bonds is 7. The Kier molecular flexibility index (Phi) is 5.93. The molecule has 0 spiro atoms. The second kappa shape index (κ2) is 8.35. The summed E-state index contributed by atoms with van der Waals surface area (Å²) in [5.41, 5.74) is 1.09. The Morgan fingerprint density at radius 2 is 2.20 bits per heavy atom. The second-order valence-corrected chi connectivity index (χ2v) is 7.13. The smallest absolute Gasteiger partial charge is 0.320 e. The predicted octanol–water partition coefficient (Wildman–Crippen LogP) is 3.59. The van der Waals surface area contributed by atoms with Crippen molar-refractivity contribution in [1.29, 1.82) is 5.26 Å². The van der Waals surface area contributed by atoms with Gasteiger partial charge in [0.2, 0.25) is 0 Å². The van der Waals surface area contributed by atoms with Gasteiger partial charge in [-0.2, -0.15) is 5.26 Å². The molecular formula is C20H26N2O3. The van der Waals surface area contributed by atoms with Crippen LogP contribution in [0.1, 0.15) is 50.5 Å². The molecule has 1 aliphatic carbocycles. The fraction of sp³-hybridized carbons (Fsp3) is 0.600. The van der Waals surface area contributed by atoms with E-state index in [2.05, 4.69) is 11.0 Å². The highest BCUT2D eigenvalue weighted by molar-refractivity contribution is 5.74. The summed E-state index contributed by atoms with van der Waals surface area (Å²) in [6, 6.07) is 10.1. The topological polar surface area (TPSA) is 73.6 Å². The van der Waals surface area contributed by atoms with Gasteiger partial charge in [0.15, 0.2) is 0 Å². The molecule has 3 rings (SSSR count). The van der Waals surface area contributed by atoms with Crippen LogP contribution in [0.3, 0.4) is 0 Å². The fourth-order valence-electron chi connectivity index (χ4n) is 4.31. The Balaban J connectivity index is 1.67. The molecule has 5 heteroatoms. The van der Waals surface area contributed by atoms with Gasteiger partial charge >= 0.3 is 5.97 Å². The van der Waals surface area contributed by atoms with E-state index in [-0.39, 0.29) is 6.04 Å². The minimum atomic E-state index is -0.696. The summed E-state index contributed by atoms with van der Waals surface area (Å²) in [6.45, 7) is 1.19. The quantitative estimate of drug-likeness (QED) is 0.767. The lowest BCUT2D eigenvalue weighted by Crippen LogP contribution is -2.41. The second-order valence-electron chi connectivity index (χ2n) is 7.13. The molecule has 2 fully saturated rings. The number of fused-ring (bicyclic) bond motifs is 1. The van der Waals surface area contributed by atoms with Crippen LogP contribution in [0, 0.1) is 17.2 Å². The van der Waals surface area contributed by atoms with E-state index in [1.54, 1.807) is 0 Å². The summed E-state index contributed by atoms with van der Waals surface area (Å²) in [7, 11) is 0. The van der Waals surface area contributed by atoms with Gasteiger partial charge < -0.3 is 9.84 Å². The van der Waals surface area contributed by atoms with Crippen LogP contribution in [0.2, 0.25) is 0 Å². The van der Waals surface area contributed by atoms with E-state index in [0.717, 1.165) is 37.0 Å². The minimum absolute atomic E-state index is 0.367. The van der Waals surface area contributed by atoms with E-state index in [0.29, 0.717) is 31.5 Å². The average molecular weight is 342 g/mol. The number of ether oxygens (including phenoxy) is 1. The van der Waals surface area contributed by atoms with Crippen molar-refractivity contribution in [3.8, 4) is 11.8 Å². The summed E-state index contributed by atoms with van der Waals surface area (Å²) in [5, 5.41) is 18.2. The van der Waals surface area contributed by atoms with E-state index in [1.807, 2.05) is 24.3 Å². The monoisotopic (exact) mass is 342 g/mol. The predicted molar refractivity (Wildman–Crippen MR) is 94.1 cm³/mol. The van der Waals surface area contributed by atoms with Gasteiger partial charge in [-0.25, -0.2) is 0 Å². The van der Waals surface area contributed by atoms with Crippen LogP contribution in [-0.4, -0.2) is 34.7 Å². The highest BCUT2D eigenvalue weighted by Gasteiger charge is 2.44. The van der Waals surface area contributed by atoms with E-state index >= 15 is 0 Å². The molecule has 1 aromatic carbocycles. The summed E-state index contributed by atoms with van der Waals surface area (Å²) in [6.07, 6.45) is 6.70. The SMILES string of the molecule is N#CCCCOc1cccc(CN2C(C(=O)O)CC3CCCCC32)c1. The number of carboxylic acids is 1. The summed E-state index contributed by atoms with van der Waals surface area (Å²) in [5.74, 6) is 0.625. The van der Waals surface area contributed by atoms with Crippen LogP contribution in [0.4, 0.5) is 0 Å². The fourth-order valence-corrected chi connectivity index (χ4v) is 4.31. The van der Waals surface area contributed by atoms with E-state index in [9.17, 15) is 9.90 Å². The Bertz CT molecular complexity index is 640. The zero-order chi connectivity index (χ0) is 17.6. The van der Waals surface area contributed by atoms with Crippen molar-refractivity contribution in [1.82, 2.24) is 4.90 Å². The van der Waals surface area contributed by atoms with Crippen LogP contribution >= 0.6 is 0 Å². The molecule has 0 aromatic heterocycles. The summed E-state index contributed by atoms with van der Waals surface area (Å²) >= 11 is 0. The van der Waals surface area contributed by atoms with Gasteiger partial charge in [-0.15, -0.1) is 0 Å². The van der Waals surface area contributed by atoms with Crippen molar-refractivity contribution in [3.63, 3.8) is 0 Å². The van der Waals surface area contributed by atoms with Crippen molar-refractivity contribution in [2.75, 3.05) is 6.61 Å². The third-order valence-corrected chi connectivity index (χ3v) is 5.47. The third-order valence-electron chi connectivity index (χ3n) is 5.47. The van der Waals surface area contributed by atoms with Crippen LogP contribution in [0.5, 0.6) is 5.75 Å². The Morgan fingerprint density at radius 3 is 3.00 bits per heavy atom. The number of benzene rings is 1. The number of carboxylic acid groups (broad SMARTS) is 1. The van der Waals surface area contributed by atoms with Crippen molar-refractivity contribution < 1.29 is 14.6 Å². The van der Waals surface area contributed by atoms with Crippen molar-refractivity contribution in [2.24, 2.45) is 5.92 Å². The van der Waals surface area contributed by atoms with E-state index < -0.39 is 5.97 Å². The number of nitrogens with zero attached hydrogens (tertiary/aromatic N) is 2. The maximum Gasteiger partial charge on any atom is 0.320 e. The molecule has 1 saturated heterocycles. The first-order valence-electron chi connectivity index (χ1n) is 9.26. The van der Waals surface area contributed by atoms with E-state index in [4.69, 9.17) is 10.00 Å². The van der Waals surface area contributed by atoms with Crippen LogP contribution in [0.15, 0.2) is 24.3 Å². The first-order chi connectivity index (χ1) is 12.2. The molecule has 134 valence electrons. The molecule has 1 aliphatic heterocycles. The Morgan fingerprint density at radius 1 is 1.36 bits per heavy atom. The number of hydrogen-bond acceptors (Lipinski definition) is 4. The van der Waals surface area contributed by atoms with Gasteiger partial charge in [0.25, 0.3) is 0 Å². The molecule has 0 radical (unpaired) electrons. The zero-order valence-electron chi connectivity index (χ0n) is 14.6. The number of aliphatic carboxylic acids is 1. The van der Waals surface area contributed by atoms with Crippen LogP contribution < -0.4 is 4.74 Å². The summed E-state index contributed by atoms with van der Waals surface area (Å²) < 4.78 is 5.71. The summed E-state index contributed by atoms with van der Waals surface area (Å²) in [4.78, 5) is 13.9. The molecule has 1 N–H and O–H groups in total. The van der Waals surface area contributed by atoms with Crippen LogP contribution in [-0.2, 0) is 11.3 Å². The van der Waals surface area contributed by atoms with Crippen molar-refractivity contribution >= 4 is 5.97 Å². The van der Waals surface area contributed by atoms with Gasteiger partial charge in [-0.05, 0) is 49.3 Å². The van der Waals surface area contributed by atoms with Crippen molar-refractivity contribution in [2.45, 2.75) is 63.6 Å². The average Bonchev–Trinajstić information content (AvgIpc) is 2.98. The molecule has 0 bridgehead atoms. The van der Waals surface area contributed by atoms with Crippen molar-refractivity contribution in [3.05, 3.63) is 29.8 Å². The van der Waals surface area contributed by atoms with Gasteiger partial charge in [0.1, 0.15) is 11.8 Å². The molecule has 3 unspecified atom stereocenters. The number of unbranched alkanes of at least 4 members (excludes halogenated alkanes) is 1. The molecule has 0 amide bonds. The molecular weight excluding hydrogens is 316 g/mol. The lowest BCUT2D eigenvalue weighted by molar-refractivity contribution is -0.142. The normalized spacial score (nSPS) is 26.0. The molecule has 5 nitrogen and oxygen atoms in total. The number of likely N-dealkylation sites (tertiary alicyclic amines) is 1. The first-order valence-corrected chi connectivity index (χ1v) is 9.26. The van der Waals surface area contributed by atoms with Crippen LogP contribution in [0.25, 0.3) is 0 Å². The molecule has 1 heterocycles. The largest absolute Gasteiger partial charge is 0.494 e. The van der Waals surface area contributed by atoms with Gasteiger partial charge in [0, 0.05) is 19.0 Å². The highest BCUT2D eigenvalue weighted by atomic mass is 16.5. The standard InChI is InChI=1S/C20H26N2O3/c21-10-3-4-11-25-17-8-5-6-15(12-17)14-22-18-9-2-1-7-16(18)13-19(22)20(23)24/h5-6,8,12,16,18-19H,1-4,7,9,11,13-14H2,(H,23,24). The molecule has 1 saturated carbocycles. The van der Waals surface area contributed by atoms with Gasteiger partial charge in [0.05, 0.1) is 12.7 Å².